The Morgan fingerprint density at radius 3 is 2.60 bits per heavy atom. The molecule has 0 spiro atoms. The highest BCUT2D eigenvalue weighted by Gasteiger charge is 2.18. The van der Waals surface area contributed by atoms with Gasteiger partial charge in [0, 0.05) is 6.61 Å². The number of thioether (sulfide) groups is 1. The Morgan fingerprint density at radius 1 is 1.33 bits per heavy atom. The fourth-order valence-corrected chi connectivity index (χ4v) is 2.30. The largest absolute Gasteiger partial charge is 0.513 e. The first kappa shape index (κ1) is 15.0. The molecule has 3 nitrogen and oxygen atoms in total. The van der Waals surface area contributed by atoms with E-state index in [-0.39, 0.29) is 5.97 Å². The van der Waals surface area contributed by atoms with Crippen molar-refractivity contribution in [2.75, 3.05) is 12.4 Å². The molecule has 0 aliphatic carbocycles. The van der Waals surface area contributed by atoms with Gasteiger partial charge in [0.25, 0.3) is 0 Å². The molecule has 5 heteroatoms. The highest BCUT2D eigenvalue weighted by Crippen LogP contribution is 2.16. The van der Waals surface area contributed by atoms with Crippen molar-refractivity contribution < 1.29 is 14.0 Å². The lowest BCUT2D eigenvalue weighted by atomic mass is 10.2. The topological polar surface area (TPSA) is 35.5 Å². The maximum absolute atomic E-state index is 11.2. The summed E-state index contributed by atoms with van der Waals surface area (Å²) in [5.41, 5.74) is -0.492. The van der Waals surface area contributed by atoms with E-state index in [2.05, 4.69) is 21.8 Å². The first-order valence-electron chi connectivity index (χ1n) is 5.36. The van der Waals surface area contributed by atoms with Crippen molar-refractivity contribution in [2.45, 2.75) is 45.0 Å². The van der Waals surface area contributed by atoms with Crippen LogP contribution in [0.3, 0.4) is 0 Å². The van der Waals surface area contributed by atoms with Crippen LogP contribution >= 0.6 is 11.8 Å². The summed E-state index contributed by atoms with van der Waals surface area (Å²) in [4.78, 5) is 11.2. The van der Waals surface area contributed by atoms with Crippen molar-refractivity contribution in [3.8, 4) is 0 Å². The van der Waals surface area contributed by atoms with Crippen LogP contribution in [-0.2, 0) is 14.0 Å². The second-order valence-electron chi connectivity index (χ2n) is 3.14. The number of unbranched alkanes of at least 4 members (excludes halogenated alkanes) is 3. The summed E-state index contributed by atoms with van der Waals surface area (Å²) >= 11 is 1.50. The molecule has 0 fully saturated rings. The van der Waals surface area contributed by atoms with E-state index in [0.29, 0.717) is 6.61 Å². The lowest BCUT2D eigenvalue weighted by Crippen LogP contribution is -2.23. The number of ether oxygens (including phenoxy) is 1. The Labute approximate surface area is 99.8 Å². The fraction of sp³-hybridized carbons (Fsp3) is 0.900. The smallest absolute Gasteiger partial charge is 0.345 e. The minimum absolute atomic E-state index is 0.367. The van der Waals surface area contributed by atoms with Crippen LogP contribution in [-0.4, -0.2) is 34.3 Å². The van der Waals surface area contributed by atoms with Gasteiger partial charge in [0.05, 0.1) is 0 Å². The van der Waals surface area contributed by atoms with Gasteiger partial charge in [-0.1, -0.05) is 26.2 Å². The second kappa shape index (κ2) is 10.5. The molecule has 0 aliphatic heterocycles. The summed E-state index contributed by atoms with van der Waals surface area (Å²) in [7, 11) is 2.72. The highest BCUT2D eigenvalue weighted by atomic mass is 32.2. The van der Waals surface area contributed by atoms with Crippen LogP contribution < -0.4 is 0 Å². The quantitative estimate of drug-likeness (QED) is 0.356. The predicted molar refractivity (Wildman–Crippen MR) is 63.9 cm³/mol. The Hall–Kier alpha value is -0.00312. The number of hydrogen-bond acceptors (Lipinski definition) is 4. The van der Waals surface area contributed by atoms with Gasteiger partial charge in [0.2, 0.25) is 0 Å². The van der Waals surface area contributed by atoms with Gasteiger partial charge in [-0.05, 0) is 19.1 Å². The van der Waals surface area contributed by atoms with Gasteiger partial charge >= 0.3 is 16.5 Å². The van der Waals surface area contributed by atoms with Crippen molar-refractivity contribution in [3.63, 3.8) is 0 Å². The minimum atomic E-state index is -0.492. The van der Waals surface area contributed by atoms with Crippen LogP contribution in [0.5, 0.6) is 0 Å². The lowest BCUT2D eigenvalue weighted by Gasteiger charge is -2.13. The fourth-order valence-electron chi connectivity index (χ4n) is 1.10. The molecule has 1 atom stereocenters. The summed E-state index contributed by atoms with van der Waals surface area (Å²) in [6, 6.07) is 0. The van der Waals surface area contributed by atoms with Crippen molar-refractivity contribution in [1.29, 1.82) is 0 Å². The normalized spacial score (nSPS) is 12.5. The van der Waals surface area contributed by atoms with Crippen LogP contribution in [0.1, 0.15) is 39.5 Å². The maximum Gasteiger partial charge on any atom is 0.345 e. The number of hydrogen-bond donors (Lipinski definition) is 0. The minimum Gasteiger partial charge on any atom is -0.513 e. The van der Waals surface area contributed by atoms with Gasteiger partial charge in [0.15, 0.2) is 5.44 Å². The Balaban J connectivity index is 3.61. The first-order valence-corrected chi connectivity index (χ1v) is 6.82. The monoisotopic (exact) mass is 247 g/mol. The van der Waals surface area contributed by atoms with E-state index in [1.165, 1.54) is 31.0 Å². The van der Waals surface area contributed by atoms with Gasteiger partial charge in [0.1, 0.15) is 0 Å². The number of carbonyl (C=O) groups excluding carboxylic acids is 1. The predicted octanol–water partition coefficient (Wildman–Crippen LogP) is 2.29. The third kappa shape index (κ3) is 7.87. The van der Waals surface area contributed by atoms with Gasteiger partial charge in [-0.15, -0.1) is 11.8 Å². The molecular formula is C10H19O3SSi. The zero-order valence-electron chi connectivity index (χ0n) is 9.45. The molecule has 0 saturated carbocycles. The van der Waals surface area contributed by atoms with E-state index in [1.807, 2.05) is 6.92 Å². The van der Waals surface area contributed by atoms with Gasteiger partial charge in [-0.2, -0.15) is 0 Å². The molecule has 0 N–H and O–H groups in total. The van der Waals surface area contributed by atoms with E-state index in [9.17, 15) is 4.79 Å². The molecule has 0 amide bonds. The molecule has 87 valence electrons. The molecule has 0 bridgehead atoms. The molecule has 1 unspecified atom stereocenters. The van der Waals surface area contributed by atoms with E-state index in [0.717, 1.165) is 12.2 Å². The number of rotatable bonds is 9. The third-order valence-electron chi connectivity index (χ3n) is 1.88. The highest BCUT2D eigenvalue weighted by molar-refractivity contribution is 8.00. The zero-order chi connectivity index (χ0) is 11.5. The maximum atomic E-state index is 11.2. The average molecular weight is 247 g/mol. The lowest BCUT2D eigenvalue weighted by molar-refractivity contribution is -0.141. The van der Waals surface area contributed by atoms with Crippen molar-refractivity contribution >= 4 is 28.2 Å². The molecule has 3 radical (unpaired) electrons. The molecule has 0 aromatic rings. The van der Waals surface area contributed by atoms with Crippen LogP contribution in [0.25, 0.3) is 0 Å². The Bertz CT molecular complexity index is 167. The molecule has 0 saturated heterocycles. The van der Waals surface area contributed by atoms with Crippen molar-refractivity contribution in [1.82, 2.24) is 0 Å². The zero-order valence-corrected chi connectivity index (χ0v) is 11.3. The first-order chi connectivity index (χ1) is 7.26. The Morgan fingerprint density at radius 2 is 2.07 bits per heavy atom. The van der Waals surface area contributed by atoms with E-state index in [4.69, 9.17) is 4.74 Å². The molecule has 0 rings (SSSR count). The average Bonchev–Trinajstić information content (AvgIpc) is 2.26. The molecule has 15 heavy (non-hydrogen) atoms. The molecule has 0 aromatic carbocycles. The molecular weight excluding hydrogens is 228 g/mol. The van der Waals surface area contributed by atoms with Crippen LogP contribution in [0, 0.1) is 0 Å². The Kier molecular flexibility index (Phi) is 10.5. The van der Waals surface area contributed by atoms with E-state index in [1.54, 1.807) is 0 Å². The van der Waals surface area contributed by atoms with E-state index >= 15 is 0 Å². The molecule has 0 aromatic heterocycles. The van der Waals surface area contributed by atoms with Gasteiger partial charge in [-0.25, -0.2) is 4.79 Å². The standard InChI is InChI=1S/C10H19O3SSi/c1-3-5-6-7-8-14-10(12-4-2)9(11)13-15/h10H,3-8H2,1-2H3. The molecule has 0 heterocycles. The van der Waals surface area contributed by atoms with Crippen molar-refractivity contribution in [2.24, 2.45) is 0 Å². The summed E-state index contributed by atoms with van der Waals surface area (Å²) in [6.07, 6.45) is 4.81. The second-order valence-corrected chi connectivity index (χ2v) is 4.51. The van der Waals surface area contributed by atoms with Gasteiger partial charge < -0.3 is 9.16 Å². The third-order valence-corrected chi connectivity index (χ3v) is 3.24. The van der Waals surface area contributed by atoms with Gasteiger partial charge in [-0.3, -0.25) is 0 Å². The summed E-state index contributed by atoms with van der Waals surface area (Å²) < 4.78 is 9.72. The molecule has 0 aliphatic rings. The van der Waals surface area contributed by atoms with Crippen LogP contribution in [0.2, 0.25) is 0 Å². The van der Waals surface area contributed by atoms with E-state index < -0.39 is 5.44 Å². The number of carbonyl (C=O) groups is 1. The summed E-state index contributed by atoms with van der Waals surface area (Å²) in [5.74, 6) is 0.570. The van der Waals surface area contributed by atoms with Crippen LogP contribution in [0.15, 0.2) is 0 Å². The summed E-state index contributed by atoms with van der Waals surface area (Å²) in [6.45, 7) is 4.57. The SMILES string of the molecule is CCCCCCSC(OCC)C(=O)O[Si]. The van der Waals surface area contributed by atoms with Crippen molar-refractivity contribution in [3.05, 3.63) is 0 Å². The van der Waals surface area contributed by atoms with Crippen LogP contribution in [0.4, 0.5) is 0 Å². The summed E-state index contributed by atoms with van der Waals surface area (Å²) in [5, 5.41) is 0.